The molecule has 0 spiro atoms. The highest BCUT2D eigenvalue weighted by molar-refractivity contribution is 5.83. The number of aliphatic carboxylic acids is 2. The van der Waals surface area contributed by atoms with Gasteiger partial charge >= 0.3 is 11.9 Å². The molecular weight excluding hydrogens is 252 g/mol. The van der Waals surface area contributed by atoms with Crippen molar-refractivity contribution in [2.45, 2.75) is 44.6 Å². The predicted octanol–water partition coefficient (Wildman–Crippen LogP) is -0.0603. The second-order valence-corrected chi connectivity index (χ2v) is 5.05. The number of carboxylic acids is 2. The van der Waals surface area contributed by atoms with Gasteiger partial charge in [0, 0.05) is 13.0 Å². The van der Waals surface area contributed by atoms with Crippen LogP contribution in [0.3, 0.4) is 0 Å². The highest BCUT2D eigenvalue weighted by Crippen LogP contribution is 2.37. The first-order chi connectivity index (χ1) is 8.87. The predicted molar refractivity (Wildman–Crippen MR) is 66.4 cm³/mol. The molecule has 1 aliphatic rings. The largest absolute Gasteiger partial charge is 0.481 e. The molecule has 1 fully saturated rings. The summed E-state index contributed by atoms with van der Waals surface area (Å²) in [5, 5.41) is 20.3. The van der Waals surface area contributed by atoms with E-state index in [1.54, 1.807) is 0 Å². The van der Waals surface area contributed by atoms with E-state index >= 15 is 0 Å². The Labute approximate surface area is 111 Å². The lowest BCUT2D eigenvalue weighted by molar-refractivity contribution is -0.148. The zero-order chi connectivity index (χ0) is 14.5. The molecule has 5 N–H and O–H groups in total. The minimum atomic E-state index is -1.01. The third-order valence-corrected chi connectivity index (χ3v) is 3.62. The molecule has 1 unspecified atom stereocenters. The lowest BCUT2D eigenvalue weighted by Gasteiger charge is -2.24. The number of rotatable bonds is 7. The van der Waals surface area contributed by atoms with E-state index < -0.39 is 29.3 Å². The summed E-state index contributed by atoms with van der Waals surface area (Å²) >= 11 is 0. The first kappa shape index (κ1) is 15.4. The number of amides is 1. The standard InChI is InChI=1S/C12H20N2O5/c13-8(3-4-9(15)16)10(17)14-7-12(11(18)19)5-1-2-6-12/h8H,1-7,13H2,(H,14,17)(H,15,16)(H,18,19). The summed E-state index contributed by atoms with van der Waals surface area (Å²) in [7, 11) is 0. The smallest absolute Gasteiger partial charge is 0.311 e. The fourth-order valence-corrected chi connectivity index (χ4v) is 2.32. The van der Waals surface area contributed by atoms with Gasteiger partial charge in [0.25, 0.3) is 0 Å². The molecule has 108 valence electrons. The highest BCUT2D eigenvalue weighted by Gasteiger charge is 2.41. The van der Waals surface area contributed by atoms with Gasteiger partial charge in [-0.3, -0.25) is 14.4 Å². The average molecular weight is 272 g/mol. The van der Waals surface area contributed by atoms with E-state index in [9.17, 15) is 19.5 Å². The number of carbonyl (C=O) groups is 3. The van der Waals surface area contributed by atoms with Crippen LogP contribution in [0.5, 0.6) is 0 Å². The van der Waals surface area contributed by atoms with Gasteiger partial charge in [0.2, 0.25) is 5.91 Å². The molecular formula is C12H20N2O5. The third kappa shape index (κ3) is 4.20. The van der Waals surface area contributed by atoms with Crippen LogP contribution in [0.2, 0.25) is 0 Å². The molecule has 0 radical (unpaired) electrons. The van der Waals surface area contributed by atoms with Crippen LogP contribution in [-0.4, -0.2) is 40.6 Å². The van der Waals surface area contributed by atoms with Crippen molar-refractivity contribution in [2.24, 2.45) is 11.1 Å². The van der Waals surface area contributed by atoms with E-state index in [-0.39, 0.29) is 19.4 Å². The summed E-state index contributed by atoms with van der Waals surface area (Å²) < 4.78 is 0. The first-order valence-electron chi connectivity index (χ1n) is 6.36. The fraction of sp³-hybridized carbons (Fsp3) is 0.750. The second kappa shape index (κ2) is 6.51. The van der Waals surface area contributed by atoms with Crippen molar-refractivity contribution in [2.75, 3.05) is 6.54 Å². The van der Waals surface area contributed by atoms with Crippen molar-refractivity contribution in [1.82, 2.24) is 5.32 Å². The molecule has 0 saturated heterocycles. The molecule has 1 saturated carbocycles. The summed E-state index contributed by atoms with van der Waals surface area (Å²) in [5.41, 5.74) is 4.66. The zero-order valence-corrected chi connectivity index (χ0v) is 10.7. The molecule has 1 rings (SSSR count). The van der Waals surface area contributed by atoms with Crippen molar-refractivity contribution >= 4 is 17.8 Å². The first-order valence-corrected chi connectivity index (χ1v) is 6.36. The minimum Gasteiger partial charge on any atom is -0.481 e. The van der Waals surface area contributed by atoms with Crippen LogP contribution in [0.4, 0.5) is 0 Å². The maximum Gasteiger partial charge on any atom is 0.311 e. The summed E-state index contributed by atoms with van der Waals surface area (Å²) in [6.07, 6.45) is 2.64. The Balaban J connectivity index is 2.44. The van der Waals surface area contributed by atoms with Gasteiger partial charge in [0.15, 0.2) is 0 Å². The van der Waals surface area contributed by atoms with E-state index in [1.165, 1.54) is 0 Å². The molecule has 0 aromatic heterocycles. The van der Waals surface area contributed by atoms with E-state index in [1.807, 2.05) is 0 Å². The second-order valence-electron chi connectivity index (χ2n) is 5.05. The van der Waals surface area contributed by atoms with Gasteiger partial charge in [-0.1, -0.05) is 12.8 Å². The van der Waals surface area contributed by atoms with Crippen molar-refractivity contribution in [1.29, 1.82) is 0 Å². The quantitative estimate of drug-likeness (QED) is 0.513. The maximum absolute atomic E-state index is 11.7. The van der Waals surface area contributed by atoms with Gasteiger partial charge in [-0.25, -0.2) is 0 Å². The van der Waals surface area contributed by atoms with Crippen molar-refractivity contribution < 1.29 is 24.6 Å². The van der Waals surface area contributed by atoms with Gasteiger partial charge in [-0.15, -0.1) is 0 Å². The summed E-state index contributed by atoms with van der Waals surface area (Å²) in [5.74, 6) is -2.40. The third-order valence-electron chi connectivity index (χ3n) is 3.62. The molecule has 0 aliphatic heterocycles. The van der Waals surface area contributed by atoms with Gasteiger partial charge < -0.3 is 21.3 Å². The molecule has 1 amide bonds. The molecule has 1 atom stereocenters. The number of carbonyl (C=O) groups excluding carboxylic acids is 1. The number of nitrogens with two attached hydrogens (primary N) is 1. The Hall–Kier alpha value is -1.63. The maximum atomic E-state index is 11.7. The molecule has 0 aromatic rings. The zero-order valence-electron chi connectivity index (χ0n) is 10.7. The van der Waals surface area contributed by atoms with Crippen LogP contribution in [-0.2, 0) is 14.4 Å². The SMILES string of the molecule is NC(CCC(=O)O)C(=O)NCC1(C(=O)O)CCCC1. The molecule has 19 heavy (non-hydrogen) atoms. The van der Waals surface area contributed by atoms with Crippen LogP contribution in [0.25, 0.3) is 0 Å². The van der Waals surface area contributed by atoms with Crippen LogP contribution >= 0.6 is 0 Å². The fourth-order valence-electron chi connectivity index (χ4n) is 2.32. The number of carboxylic acid groups (broad SMARTS) is 2. The van der Waals surface area contributed by atoms with E-state index in [0.29, 0.717) is 12.8 Å². The van der Waals surface area contributed by atoms with Gasteiger partial charge in [-0.05, 0) is 19.3 Å². The highest BCUT2D eigenvalue weighted by atomic mass is 16.4. The number of hydrogen-bond acceptors (Lipinski definition) is 4. The summed E-state index contributed by atoms with van der Waals surface area (Å²) in [6.45, 7) is 0.0575. The van der Waals surface area contributed by atoms with Crippen LogP contribution in [0, 0.1) is 5.41 Å². The monoisotopic (exact) mass is 272 g/mol. The molecule has 0 bridgehead atoms. The van der Waals surface area contributed by atoms with Gasteiger partial charge in [-0.2, -0.15) is 0 Å². The topological polar surface area (TPSA) is 130 Å². The van der Waals surface area contributed by atoms with Crippen LogP contribution in [0.15, 0.2) is 0 Å². The van der Waals surface area contributed by atoms with E-state index in [2.05, 4.69) is 5.32 Å². The Kier molecular flexibility index (Phi) is 5.29. The Morgan fingerprint density at radius 3 is 2.26 bits per heavy atom. The molecule has 1 aliphatic carbocycles. The van der Waals surface area contributed by atoms with Crippen molar-refractivity contribution in [3.63, 3.8) is 0 Å². The number of hydrogen-bond donors (Lipinski definition) is 4. The van der Waals surface area contributed by atoms with Crippen molar-refractivity contribution in [3.05, 3.63) is 0 Å². The molecule has 0 aromatic carbocycles. The normalized spacial score (nSPS) is 18.8. The summed E-state index contributed by atoms with van der Waals surface area (Å²) in [6, 6.07) is -0.914. The lowest BCUT2D eigenvalue weighted by Crippen LogP contribution is -2.47. The molecule has 7 heteroatoms. The van der Waals surface area contributed by atoms with E-state index in [0.717, 1.165) is 12.8 Å². The Morgan fingerprint density at radius 1 is 1.21 bits per heavy atom. The molecule has 7 nitrogen and oxygen atoms in total. The van der Waals surface area contributed by atoms with Crippen LogP contribution in [0.1, 0.15) is 38.5 Å². The Bertz CT molecular complexity index is 363. The molecule has 0 heterocycles. The minimum absolute atomic E-state index is 0.0429. The van der Waals surface area contributed by atoms with Gasteiger partial charge in [0.1, 0.15) is 0 Å². The van der Waals surface area contributed by atoms with Gasteiger partial charge in [0.05, 0.1) is 11.5 Å². The van der Waals surface area contributed by atoms with Crippen molar-refractivity contribution in [3.8, 4) is 0 Å². The number of nitrogens with one attached hydrogen (secondary N) is 1. The Morgan fingerprint density at radius 2 is 1.79 bits per heavy atom. The summed E-state index contributed by atoms with van der Waals surface area (Å²) in [4.78, 5) is 33.3. The lowest BCUT2D eigenvalue weighted by atomic mass is 9.86. The van der Waals surface area contributed by atoms with Crippen LogP contribution < -0.4 is 11.1 Å². The average Bonchev–Trinajstić information content (AvgIpc) is 2.83. The van der Waals surface area contributed by atoms with E-state index in [4.69, 9.17) is 10.8 Å².